The minimum absolute atomic E-state index is 0.0373. The van der Waals surface area contributed by atoms with Crippen molar-refractivity contribution in [3.8, 4) is 0 Å². The molecule has 64 valence electrons. The molecule has 11 heavy (non-hydrogen) atoms. The maximum absolute atomic E-state index is 9.69. The van der Waals surface area contributed by atoms with Gasteiger partial charge in [-0.25, -0.2) is 0 Å². The predicted molar refractivity (Wildman–Crippen MR) is 45.2 cm³/mol. The van der Waals surface area contributed by atoms with Gasteiger partial charge in [0.05, 0.1) is 6.10 Å². The lowest BCUT2D eigenvalue weighted by Gasteiger charge is -2.12. The third-order valence-electron chi connectivity index (χ3n) is 3.62. The predicted octanol–water partition coefficient (Wildman–Crippen LogP) is 2.19. The van der Waals surface area contributed by atoms with E-state index in [9.17, 15) is 5.11 Å². The maximum Gasteiger partial charge on any atom is 0.0573 e. The Morgan fingerprint density at radius 3 is 2.64 bits per heavy atom. The van der Waals surface area contributed by atoms with Gasteiger partial charge in [0, 0.05) is 0 Å². The van der Waals surface area contributed by atoms with E-state index in [1.54, 1.807) is 0 Å². The molecular weight excluding hydrogens is 136 g/mol. The van der Waals surface area contributed by atoms with E-state index in [0.29, 0.717) is 5.92 Å². The molecule has 0 aromatic rings. The van der Waals surface area contributed by atoms with Gasteiger partial charge in [0.1, 0.15) is 0 Å². The maximum atomic E-state index is 9.69. The second-order valence-electron chi connectivity index (χ2n) is 4.31. The lowest BCUT2D eigenvalue weighted by Crippen LogP contribution is -2.12. The average molecular weight is 154 g/mol. The van der Waals surface area contributed by atoms with Gasteiger partial charge in [-0.1, -0.05) is 26.2 Å². The summed E-state index contributed by atoms with van der Waals surface area (Å²) in [5, 5.41) is 9.69. The van der Waals surface area contributed by atoms with Gasteiger partial charge in [-0.15, -0.1) is 0 Å². The highest BCUT2D eigenvalue weighted by Gasteiger charge is 2.49. The Bertz CT molecular complexity index is 136. The summed E-state index contributed by atoms with van der Waals surface area (Å²) in [6.07, 6.45) is 6.46. The summed E-state index contributed by atoms with van der Waals surface area (Å²) in [5.74, 6) is 2.38. The molecule has 2 aliphatic rings. The first-order chi connectivity index (χ1) is 5.30. The zero-order chi connectivity index (χ0) is 7.84. The molecule has 0 radical (unpaired) electrons. The summed E-state index contributed by atoms with van der Waals surface area (Å²) in [6, 6.07) is 0. The molecule has 0 amide bonds. The number of rotatable bonds is 0. The van der Waals surface area contributed by atoms with Crippen LogP contribution in [0.3, 0.4) is 0 Å². The number of aliphatic hydroxyl groups excluding tert-OH is 1. The zero-order valence-corrected chi connectivity index (χ0v) is 7.29. The highest BCUT2D eigenvalue weighted by atomic mass is 16.3. The van der Waals surface area contributed by atoms with E-state index in [1.165, 1.54) is 25.7 Å². The van der Waals surface area contributed by atoms with Gasteiger partial charge in [0.2, 0.25) is 0 Å². The topological polar surface area (TPSA) is 20.2 Å². The molecule has 2 fully saturated rings. The van der Waals surface area contributed by atoms with Crippen molar-refractivity contribution in [2.24, 2.45) is 17.8 Å². The first-order valence-electron chi connectivity index (χ1n) is 4.99. The van der Waals surface area contributed by atoms with E-state index >= 15 is 0 Å². The monoisotopic (exact) mass is 154 g/mol. The van der Waals surface area contributed by atoms with Crippen LogP contribution >= 0.6 is 0 Å². The van der Waals surface area contributed by atoms with Gasteiger partial charge in [-0.3, -0.25) is 0 Å². The number of hydrogen-bond acceptors (Lipinski definition) is 1. The summed E-state index contributed by atoms with van der Waals surface area (Å²) in [7, 11) is 0. The van der Waals surface area contributed by atoms with Crippen molar-refractivity contribution in [1.29, 1.82) is 0 Å². The van der Waals surface area contributed by atoms with Crippen LogP contribution in [-0.2, 0) is 0 Å². The van der Waals surface area contributed by atoms with E-state index in [4.69, 9.17) is 0 Å². The van der Waals surface area contributed by atoms with Gasteiger partial charge in [0.15, 0.2) is 0 Å². The highest BCUT2D eigenvalue weighted by molar-refractivity contribution is 4.98. The van der Waals surface area contributed by atoms with Crippen LogP contribution in [0.4, 0.5) is 0 Å². The van der Waals surface area contributed by atoms with Crippen LogP contribution in [0, 0.1) is 17.8 Å². The van der Waals surface area contributed by atoms with Gasteiger partial charge in [-0.05, 0) is 30.6 Å². The average Bonchev–Trinajstić information content (AvgIpc) is 2.55. The Labute approximate surface area is 68.8 Å². The van der Waals surface area contributed by atoms with Crippen molar-refractivity contribution in [2.75, 3.05) is 0 Å². The Kier molecular flexibility index (Phi) is 1.92. The molecule has 0 spiro atoms. The lowest BCUT2D eigenvalue weighted by molar-refractivity contribution is 0.123. The molecular formula is C10H18O. The van der Waals surface area contributed by atoms with Crippen molar-refractivity contribution in [3.05, 3.63) is 0 Å². The third-order valence-corrected chi connectivity index (χ3v) is 3.62. The summed E-state index contributed by atoms with van der Waals surface area (Å²) in [4.78, 5) is 0. The van der Waals surface area contributed by atoms with Gasteiger partial charge in [0.25, 0.3) is 0 Å². The van der Waals surface area contributed by atoms with Gasteiger partial charge in [-0.2, -0.15) is 0 Å². The van der Waals surface area contributed by atoms with Crippen LogP contribution in [0.25, 0.3) is 0 Å². The van der Waals surface area contributed by atoms with Crippen LogP contribution in [0.2, 0.25) is 0 Å². The molecule has 0 saturated heterocycles. The van der Waals surface area contributed by atoms with E-state index in [0.717, 1.165) is 18.3 Å². The largest absolute Gasteiger partial charge is 0.393 e. The van der Waals surface area contributed by atoms with Crippen molar-refractivity contribution in [2.45, 2.75) is 45.1 Å². The van der Waals surface area contributed by atoms with Crippen LogP contribution in [0.15, 0.2) is 0 Å². The Balaban J connectivity index is 1.94. The van der Waals surface area contributed by atoms with Gasteiger partial charge >= 0.3 is 0 Å². The van der Waals surface area contributed by atoms with E-state index in [-0.39, 0.29) is 6.10 Å². The standard InChI is InChI=1S/C10H18O/c1-7-8-5-3-2-4-6-9(11)10(7)8/h7-11H,2-6H2,1H3/t7-,8+,9+,10+/m1/s1. The Hall–Kier alpha value is -0.0400. The molecule has 0 aliphatic heterocycles. The van der Waals surface area contributed by atoms with Crippen LogP contribution in [-0.4, -0.2) is 11.2 Å². The molecule has 0 bridgehead atoms. The summed E-state index contributed by atoms with van der Waals surface area (Å²) >= 11 is 0. The molecule has 2 saturated carbocycles. The first-order valence-corrected chi connectivity index (χ1v) is 4.99. The molecule has 0 aromatic heterocycles. The number of hydrogen-bond donors (Lipinski definition) is 1. The highest BCUT2D eigenvalue weighted by Crippen LogP contribution is 2.52. The second kappa shape index (κ2) is 2.78. The molecule has 1 heteroatoms. The van der Waals surface area contributed by atoms with Crippen molar-refractivity contribution < 1.29 is 5.11 Å². The van der Waals surface area contributed by atoms with Crippen LogP contribution < -0.4 is 0 Å². The normalized spacial score (nSPS) is 50.7. The molecule has 0 aromatic carbocycles. The summed E-state index contributed by atoms with van der Waals surface area (Å²) in [5.41, 5.74) is 0. The van der Waals surface area contributed by atoms with Crippen molar-refractivity contribution in [1.82, 2.24) is 0 Å². The minimum Gasteiger partial charge on any atom is -0.393 e. The molecule has 2 aliphatic carbocycles. The number of aliphatic hydroxyl groups is 1. The molecule has 4 atom stereocenters. The SMILES string of the molecule is C[C@@H]1[C@@H]2CCCCC[C@H](O)[C@@H]12. The molecule has 0 unspecified atom stereocenters. The lowest BCUT2D eigenvalue weighted by atomic mass is 9.99. The molecule has 2 rings (SSSR count). The Morgan fingerprint density at radius 1 is 1.09 bits per heavy atom. The fourth-order valence-corrected chi connectivity index (χ4v) is 2.77. The fraction of sp³-hybridized carbons (Fsp3) is 1.00. The van der Waals surface area contributed by atoms with E-state index in [2.05, 4.69) is 6.92 Å². The second-order valence-corrected chi connectivity index (χ2v) is 4.31. The minimum atomic E-state index is 0.0373. The van der Waals surface area contributed by atoms with E-state index in [1.807, 2.05) is 0 Å². The van der Waals surface area contributed by atoms with Gasteiger partial charge < -0.3 is 5.11 Å². The van der Waals surface area contributed by atoms with Crippen molar-refractivity contribution in [3.63, 3.8) is 0 Å². The third kappa shape index (κ3) is 1.31. The summed E-state index contributed by atoms with van der Waals surface area (Å²) in [6.45, 7) is 2.30. The molecule has 1 N–H and O–H groups in total. The smallest absolute Gasteiger partial charge is 0.0573 e. The Morgan fingerprint density at radius 2 is 1.82 bits per heavy atom. The molecule has 1 nitrogen and oxygen atoms in total. The van der Waals surface area contributed by atoms with E-state index < -0.39 is 0 Å². The van der Waals surface area contributed by atoms with Crippen molar-refractivity contribution >= 4 is 0 Å². The number of fused-ring (bicyclic) bond motifs is 1. The van der Waals surface area contributed by atoms with Crippen LogP contribution in [0.1, 0.15) is 39.0 Å². The quantitative estimate of drug-likeness (QED) is 0.567. The first kappa shape index (κ1) is 7.60. The fourth-order valence-electron chi connectivity index (χ4n) is 2.77. The molecule has 0 heterocycles. The zero-order valence-electron chi connectivity index (χ0n) is 7.29. The summed E-state index contributed by atoms with van der Waals surface area (Å²) < 4.78 is 0. The van der Waals surface area contributed by atoms with Crippen LogP contribution in [0.5, 0.6) is 0 Å².